The van der Waals surface area contributed by atoms with Gasteiger partial charge in [0, 0.05) is 26.2 Å². The van der Waals surface area contributed by atoms with Crippen LogP contribution in [0.2, 0.25) is 0 Å². The van der Waals surface area contributed by atoms with Crippen molar-refractivity contribution in [3.63, 3.8) is 0 Å². The quantitative estimate of drug-likeness (QED) is 0.714. The largest absolute Gasteiger partial charge is 0.341 e. The van der Waals surface area contributed by atoms with Gasteiger partial charge in [0.25, 0.3) is 0 Å². The minimum atomic E-state index is -0.297. The van der Waals surface area contributed by atoms with Crippen molar-refractivity contribution in [1.29, 1.82) is 0 Å². The van der Waals surface area contributed by atoms with Crippen molar-refractivity contribution < 1.29 is 4.79 Å². The molecule has 0 spiro atoms. The number of fused-ring (bicyclic) bond motifs is 1. The molecule has 0 unspecified atom stereocenters. The number of likely N-dealkylation sites (tertiary alicyclic amines) is 1. The summed E-state index contributed by atoms with van der Waals surface area (Å²) in [7, 11) is 0. The lowest BCUT2D eigenvalue weighted by atomic mass is 10.0. The minimum absolute atomic E-state index is 0.193. The van der Waals surface area contributed by atoms with Crippen LogP contribution in [0.5, 0.6) is 0 Å². The molecule has 1 fully saturated rings. The van der Waals surface area contributed by atoms with Gasteiger partial charge in [0.2, 0.25) is 5.91 Å². The second kappa shape index (κ2) is 8.57. The molecule has 28 heavy (non-hydrogen) atoms. The number of rotatable bonds is 6. The molecule has 3 aromatic rings. The topological polar surface area (TPSA) is 50.2 Å². The number of nitrogens with one attached hydrogen (secondary N) is 1. The number of piperidine rings is 1. The monoisotopic (exact) mass is 376 g/mol. The maximum Gasteiger partial charge on any atom is 0.244 e. The molecule has 146 valence electrons. The van der Waals surface area contributed by atoms with Crippen LogP contribution in [0.25, 0.3) is 11.0 Å². The van der Waals surface area contributed by atoms with Crippen LogP contribution in [-0.2, 0) is 11.3 Å². The van der Waals surface area contributed by atoms with Gasteiger partial charge in [-0.1, -0.05) is 42.5 Å². The third-order valence-corrected chi connectivity index (χ3v) is 5.58. The highest BCUT2D eigenvalue weighted by Crippen LogP contribution is 2.20. The van der Waals surface area contributed by atoms with Crippen molar-refractivity contribution in [2.24, 2.45) is 0 Å². The second-order valence-electron chi connectivity index (χ2n) is 7.48. The summed E-state index contributed by atoms with van der Waals surface area (Å²) >= 11 is 0. The van der Waals surface area contributed by atoms with E-state index in [1.807, 2.05) is 60.4 Å². The normalized spacial score (nSPS) is 15.7. The van der Waals surface area contributed by atoms with Gasteiger partial charge in [0.15, 0.2) is 0 Å². The average molecular weight is 377 g/mol. The van der Waals surface area contributed by atoms with Gasteiger partial charge in [0.1, 0.15) is 11.9 Å². The van der Waals surface area contributed by atoms with Gasteiger partial charge in [0.05, 0.1) is 11.0 Å². The molecule has 0 saturated carbocycles. The van der Waals surface area contributed by atoms with E-state index in [2.05, 4.69) is 20.9 Å². The zero-order valence-corrected chi connectivity index (χ0v) is 16.5. The Bertz CT molecular complexity index is 928. The summed E-state index contributed by atoms with van der Waals surface area (Å²) in [5.41, 5.74) is 3.19. The Morgan fingerprint density at radius 1 is 1.04 bits per heavy atom. The maximum atomic E-state index is 13.2. The highest BCUT2D eigenvalue weighted by Gasteiger charge is 2.26. The Hall–Kier alpha value is -2.66. The number of hydrogen-bond donors (Lipinski definition) is 1. The Labute approximate surface area is 166 Å². The summed E-state index contributed by atoms with van der Waals surface area (Å²) in [6.45, 7) is 5.26. The first-order chi connectivity index (χ1) is 13.7. The molecule has 0 bridgehead atoms. The van der Waals surface area contributed by atoms with Crippen LogP contribution in [0.3, 0.4) is 0 Å². The number of imidazole rings is 1. The van der Waals surface area contributed by atoms with Crippen LogP contribution in [0.1, 0.15) is 36.7 Å². The maximum absolute atomic E-state index is 13.2. The highest BCUT2D eigenvalue weighted by molar-refractivity contribution is 5.83. The molecule has 1 atom stereocenters. The highest BCUT2D eigenvalue weighted by atomic mass is 16.2. The van der Waals surface area contributed by atoms with Crippen LogP contribution >= 0.6 is 0 Å². The summed E-state index contributed by atoms with van der Waals surface area (Å²) in [5, 5.41) is 3.52. The van der Waals surface area contributed by atoms with Gasteiger partial charge in [-0.3, -0.25) is 4.79 Å². The Balaban J connectivity index is 1.49. The van der Waals surface area contributed by atoms with E-state index in [1.165, 1.54) is 6.42 Å². The Morgan fingerprint density at radius 3 is 2.54 bits per heavy atom. The summed E-state index contributed by atoms with van der Waals surface area (Å²) in [4.78, 5) is 19.9. The van der Waals surface area contributed by atoms with E-state index in [-0.39, 0.29) is 11.9 Å². The van der Waals surface area contributed by atoms with Crippen molar-refractivity contribution in [3.05, 3.63) is 66.0 Å². The van der Waals surface area contributed by atoms with Gasteiger partial charge in [-0.25, -0.2) is 4.98 Å². The van der Waals surface area contributed by atoms with Crippen molar-refractivity contribution in [2.45, 2.75) is 38.8 Å². The molecule has 1 amide bonds. The molecular weight excluding hydrogens is 348 g/mol. The lowest BCUT2D eigenvalue weighted by Gasteiger charge is -2.31. The molecule has 1 aliphatic heterocycles. The third kappa shape index (κ3) is 3.94. The molecule has 0 aliphatic carbocycles. The number of amides is 1. The number of nitrogens with zero attached hydrogens (tertiary/aromatic N) is 3. The van der Waals surface area contributed by atoms with Crippen molar-refractivity contribution in [2.75, 3.05) is 19.6 Å². The number of hydrogen-bond acceptors (Lipinski definition) is 3. The molecular formula is C23H28N4O. The van der Waals surface area contributed by atoms with Crippen molar-refractivity contribution in [1.82, 2.24) is 19.8 Å². The smallest absolute Gasteiger partial charge is 0.244 e. The number of aryl methyl sites for hydroxylation is 1. The van der Waals surface area contributed by atoms with E-state index in [1.54, 1.807) is 0 Å². The average Bonchev–Trinajstić information content (AvgIpc) is 3.07. The van der Waals surface area contributed by atoms with Gasteiger partial charge >= 0.3 is 0 Å². The molecule has 1 aliphatic rings. The zero-order chi connectivity index (χ0) is 19.3. The molecule has 4 rings (SSSR count). The lowest BCUT2D eigenvalue weighted by Crippen LogP contribution is -2.44. The number of para-hydroxylation sites is 2. The molecule has 1 aromatic heterocycles. The van der Waals surface area contributed by atoms with Gasteiger partial charge < -0.3 is 14.8 Å². The minimum Gasteiger partial charge on any atom is -0.341 e. The first-order valence-electron chi connectivity index (χ1n) is 10.2. The van der Waals surface area contributed by atoms with Crippen LogP contribution in [0, 0.1) is 6.92 Å². The molecule has 5 nitrogen and oxygen atoms in total. The van der Waals surface area contributed by atoms with Crippen LogP contribution < -0.4 is 5.32 Å². The fraction of sp³-hybridized carbons (Fsp3) is 0.391. The van der Waals surface area contributed by atoms with E-state index >= 15 is 0 Å². The van der Waals surface area contributed by atoms with Crippen molar-refractivity contribution in [3.8, 4) is 0 Å². The summed E-state index contributed by atoms with van der Waals surface area (Å²) in [6, 6.07) is 18.0. The number of carbonyl (C=O) groups excluding carboxylic acids is 1. The number of carbonyl (C=O) groups is 1. The molecule has 0 radical (unpaired) electrons. The zero-order valence-electron chi connectivity index (χ0n) is 16.5. The molecule has 1 saturated heterocycles. The van der Waals surface area contributed by atoms with Crippen molar-refractivity contribution >= 4 is 16.9 Å². The van der Waals surface area contributed by atoms with Gasteiger partial charge in [-0.2, -0.15) is 0 Å². The lowest BCUT2D eigenvalue weighted by molar-refractivity contribution is -0.134. The summed E-state index contributed by atoms with van der Waals surface area (Å²) in [5.74, 6) is 1.19. The fourth-order valence-corrected chi connectivity index (χ4v) is 4.09. The Kier molecular flexibility index (Phi) is 5.72. The first-order valence-corrected chi connectivity index (χ1v) is 10.2. The van der Waals surface area contributed by atoms with Crippen LogP contribution in [0.4, 0.5) is 0 Å². The fourth-order valence-electron chi connectivity index (χ4n) is 4.09. The molecule has 2 aromatic carbocycles. The predicted molar refractivity (Wildman–Crippen MR) is 112 cm³/mol. The van der Waals surface area contributed by atoms with Gasteiger partial charge in [-0.15, -0.1) is 0 Å². The van der Waals surface area contributed by atoms with E-state index in [0.717, 1.165) is 54.9 Å². The van der Waals surface area contributed by atoms with E-state index in [9.17, 15) is 4.79 Å². The first kappa shape index (κ1) is 18.7. The predicted octanol–water partition coefficient (Wildman–Crippen LogP) is 3.69. The molecule has 2 heterocycles. The van der Waals surface area contributed by atoms with Gasteiger partial charge in [-0.05, 0) is 43.9 Å². The number of aromatic nitrogens is 2. The SMILES string of the molecule is Cc1nc2ccccc2n1CCN[C@@H](C(=O)N1CCCCC1)c1ccccc1. The summed E-state index contributed by atoms with van der Waals surface area (Å²) < 4.78 is 2.22. The molecule has 1 N–H and O–H groups in total. The van der Waals surface area contributed by atoms with E-state index in [0.29, 0.717) is 6.54 Å². The van der Waals surface area contributed by atoms with Crippen LogP contribution in [-0.4, -0.2) is 40.0 Å². The number of benzene rings is 2. The van der Waals surface area contributed by atoms with E-state index in [4.69, 9.17) is 0 Å². The Morgan fingerprint density at radius 2 is 1.75 bits per heavy atom. The second-order valence-corrected chi connectivity index (χ2v) is 7.48. The van der Waals surface area contributed by atoms with Crippen LogP contribution in [0.15, 0.2) is 54.6 Å². The third-order valence-electron chi connectivity index (χ3n) is 5.58. The molecule has 5 heteroatoms. The summed E-state index contributed by atoms with van der Waals surface area (Å²) in [6.07, 6.45) is 3.43. The standard InChI is InChI=1S/C23H28N4O/c1-18-25-20-12-6-7-13-21(20)27(18)17-14-24-22(19-10-4-2-5-11-19)23(28)26-15-8-3-9-16-26/h2,4-7,10-13,22,24H,3,8-9,14-17H2,1H3/t22-/m1/s1. The van der Waals surface area contributed by atoms with E-state index < -0.39 is 0 Å².